The Morgan fingerprint density at radius 3 is 1.31 bits per heavy atom. The second-order valence-corrected chi connectivity index (χ2v) is 23.3. The van der Waals surface area contributed by atoms with Gasteiger partial charge in [-0.2, -0.15) is 0 Å². The second kappa shape index (κ2) is 21.0. The summed E-state index contributed by atoms with van der Waals surface area (Å²) < 4.78 is 0. The van der Waals surface area contributed by atoms with Gasteiger partial charge in [0.15, 0.2) is 0 Å². The van der Waals surface area contributed by atoms with E-state index in [0.717, 1.165) is 5.50 Å². The molecule has 0 aliphatic rings. The van der Waals surface area contributed by atoms with Crippen LogP contribution in [0.25, 0.3) is 0 Å². The summed E-state index contributed by atoms with van der Waals surface area (Å²) in [7, 11) is -1.83. The first-order chi connectivity index (χ1) is 16.7. The molecule has 0 aliphatic carbocycles. The highest BCUT2D eigenvalue weighted by Gasteiger charge is 2.14. The first-order valence-electron chi connectivity index (χ1n) is 13.6. The Morgan fingerprint density at radius 2 is 1.08 bits per heavy atom. The number of hydrogen-bond donors (Lipinski definition) is 2. The van der Waals surface area contributed by atoms with Crippen LogP contribution in [0.3, 0.4) is 0 Å². The monoisotopic (exact) mass is 551 g/mol. The molecule has 2 unspecified atom stereocenters. The Morgan fingerprint density at radius 1 is 0.722 bits per heavy atom. The molecule has 2 aromatic rings. The summed E-state index contributed by atoms with van der Waals surface area (Å²) in [5.41, 5.74) is 9.07. The van der Waals surface area contributed by atoms with Gasteiger partial charge in [0.25, 0.3) is 0 Å². The summed E-state index contributed by atoms with van der Waals surface area (Å²) >= 11 is 5.54. The van der Waals surface area contributed by atoms with Gasteiger partial charge in [-0.05, 0) is 50.8 Å². The van der Waals surface area contributed by atoms with Crippen molar-refractivity contribution >= 4 is 27.7 Å². The molecule has 36 heavy (non-hydrogen) atoms. The van der Waals surface area contributed by atoms with Crippen LogP contribution >= 0.6 is 11.6 Å². The molecule has 0 amide bonds. The van der Waals surface area contributed by atoms with Gasteiger partial charge in [0.2, 0.25) is 0 Å². The van der Waals surface area contributed by atoms with Crippen LogP contribution in [0, 0.1) is 0 Å². The lowest BCUT2D eigenvalue weighted by atomic mass is 10.1. The van der Waals surface area contributed by atoms with Gasteiger partial charge in [0, 0.05) is 17.6 Å². The Hall–Kier alpha value is -0.956. The van der Waals surface area contributed by atoms with Gasteiger partial charge in [0.05, 0.1) is 16.1 Å². The predicted octanol–water partition coefficient (Wildman–Crippen LogP) is 8.37. The third-order valence-corrected chi connectivity index (χ3v) is 9.78. The molecular formula is C30H58ClN3Si2. The van der Waals surface area contributed by atoms with Crippen LogP contribution in [0.5, 0.6) is 0 Å². The lowest BCUT2D eigenvalue weighted by Gasteiger charge is -2.21. The van der Waals surface area contributed by atoms with Crippen molar-refractivity contribution in [2.75, 3.05) is 31.3 Å². The van der Waals surface area contributed by atoms with E-state index in [4.69, 9.17) is 17.3 Å². The fourth-order valence-corrected chi connectivity index (χ4v) is 3.66. The van der Waals surface area contributed by atoms with Gasteiger partial charge in [-0.3, -0.25) is 0 Å². The summed E-state index contributed by atoms with van der Waals surface area (Å²) in [5, 5.41) is 3.60. The van der Waals surface area contributed by atoms with Crippen LogP contribution in [-0.2, 0) is 0 Å². The SMILES string of the molecule is CC(N)c1ccccc1.CC(NC[Si](C)(C)C)c1ccccc1.CCN(CC)CC.C[Si](C)(C)CCl. The number of rotatable bonds is 9. The fraction of sp³-hybridized carbons (Fsp3) is 0.600. The average molecular weight is 552 g/mol. The summed E-state index contributed by atoms with van der Waals surface area (Å²) in [5.74, 6) is 0. The van der Waals surface area contributed by atoms with Gasteiger partial charge in [0.1, 0.15) is 0 Å². The Labute approximate surface area is 232 Å². The summed E-state index contributed by atoms with van der Waals surface area (Å²) in [6, 6.07) is 21.3. The molecule has 0 aliphatic heterocycles. The Bertz CT molecular complexity index is 720. The minimum absolute atomic E-state index is 0.159. The molecule has 0 aromatic heterocycles. The normalized spacial score (nSPS) is 12.7. The third-order valence-electron chi connectivity index (χ3n) is 5.31. The lowest BCUT2D eigenvalue weighted by Crippen LogP contribution is -2.37. The van der Waals surface area contributed by atoms with Crippen molar-refractivity contribution in [1.29, 1.82) is 0 Å². The topological polar surface area (TPSA) is 41.3 Å². The highest BCUT2D eigenvalue weighted by atomic mass is 35.5. The molecular weight excluding hydrogens is 494 g/mol. The summed E-state index contributed by atoms with van der Waals surface area (Å²) in [4.78, 5) is 2.38. The standard InChI is InChI=1S/C12H21NSi.C8H11N.C6H15N.C4H11ClSi/c1-11(13-10-14(2,3)4)12-8-6-5-7-9-12;1-7(9)8-5-3-2-4-6-8;1-4-7(5-2)6-3;1-6(2,3)4-5/h5-9,11,13H,10H2,1-4H3;2-7H,9H2,1H3;4-6H2,1-3H3;4H2,1-3H3. The number of nitrogens with two attached hydrogens (primary N) is 1. The first kappa shape index (κ1) is 37.2. The van der Waals surface area contributed by atoms with Gasteiger partial charge in [-0.25, -0.2) is 0 Å². The van der Waals surface area contributed by atoms with E-state index in [2.05, 4.69) is 108 Å². The van der Waals surface area contributed by atoms with E-state index in [1.54, 1.807) is 0 Å². The predicted molar refractivity (Wildman–Crippen MR) is 173 cm³/mol. The molecule has 2 rings (SSSR count). The smallest absolute Gasteiger partial charge is 0.0609 e. The zero-order valence-electron chi connectivity index (χ0n) is 25.4. The molecule has 0 saturated carbocycles. The third kappa shape index (κ3) is 23.4. The van der Waals surface area contributed by atoms with Crippen molar-refractivity contribution < 1.29 is 0 Å². The molecule has 0 heterocycles. The minimum atomic E-state index is -0.964. The number of benzene rings is 2. The van der Waals surface area contributed by atoms with Crippen LogP contribution in [0.4, 0.5) is 0 Å². The van der Waals surface area contributed by atoms with E-state index >= 15 is 0 Å². The fourth-order valence-electron chi connectivity index (χ4n) is 2.75. The number of nitrogens with one attached hydrogen (secondary N) is 1. The molecule has 0 saturated heterocycles. The minimum Gasteiger partial charge on any atom is -0.324 e. The largest absolute Gasteiger partial charge is 0.324 e. The van der Waals surface area contributed by atoms with Gasteiger partial charge in [-0.1, -0.05) is 121 Å². The number of hydrogen-bond acceptors (Lipinski definition) is 3. The number of halogens is 1. The van der Waals surface area contributed by atoms with Crippen molar-refractivity contribution in [3.8, 4) is 0 Å². The summed E-state index contributed by atoms with van der Waals surface area (Å²) in [6.45, 7) is 28.2. The average Bonchev–Trinajstić information content (AvgIpc) is 2.85. The highest BCUT2D eigenvalue weighted by molar-refractivity contribution is 6.82. The number of alkyl halides is 1. The van der Waals surface area contributed by atoms with E-state index in [1.807, 2.05) is 37.3 Å². The van der Waals surface area contributed by atoms with E-state index in [-0.39, 0.29) is 6.04 Å². The van der Waals surface area contributed by atoms with E-state index < -0.39 is 16.1 Å². The maximum Gasteiger partial charge on any atom is 0.0609 e. The van der Waals surface area contributed by atoms with Crippen molar-refractivity contribution in [1.82, 2.24) is 10.2 Å². The van der Waals surface area contributed by atoms with Crippen molar-refractivity contribution in [3.63, 3.8) is 0 Å². The van der Waals surface area contributed by atoms with Crippen LogP contribution in [0.1, 0.15) is 57.8 Å². The Kier molecular flexibility index (Phi) is 21.7. The quantitative estimate of drug-likeness (QED) is 0.243. The number of nitrogens with zero attached hydrogens (tertiary/aromatic N) is 1. The molecule has 3 N–H and O–H groups in total. The molecule has 2 aromatic carbocycles. The molecule has 3 nitrogen and oxygen atoms in total. The van der Waals surface area contributed by atoms with Gasteiger partial charge < -0.3 is 16.0 Å². The lowest BCUT2D eigenvalue weighted by molar-refractivity contribution is 0.321. The van der Waals surface area contributed by atoms with Gasteiger partial charge >= 0.3 is 0 Å². The van der Waals surface area contributed by atoms with Crippen LogP contribution in [0.2, 0.25) is 39.3 Å². The molecule has 0 fully saturated rings. The van der Waals surface area contributed by atoms with Crippen LogP contribution < -0.4 is 11.1 Å². The zero-order chi connectivity index (χ0) is 28.2. The van der Waals surface area contributed by atoms with Crippen LogP contribution in [-0.4, -0.2) is 52.4 Å². The molecule has 0 spiro atoms. The molecule has 6 heteroatoms. The van der Waals surface area contributed by atoms with Gasteiger partial charge in [-0.15, -0.1) is 11.6 Å². The zero-order valence-corrected chi connectivity index (χ0v) is 28.1. The van der Waals surface area contributed by atoms with Crippen molar-refractivity contribution in [3.05, 3.63) is 71.8 Å². The van der Waals surface area contributed by atoms with E-state index in [1.165, 1.54) is 36.9 Å². The molecule has 0 bridgehead atoms. The molecule has 208 valence electrons. The maximum atomic E-state index is 5.61. The van der Waals surface area contributed by atoms with Crippen molar-refractivity contribution in [2.24, 2.45) is 5.73 Å². The van der Waals surface area contributed by atoms with E-state index in [0.29, 0.717) is 6.04 Å². The highest BCUT2D eigenvalue weighted by Crippen LogP contribution is 2.12. The molecule has 0 radical (unpaired) electrons. The molecule has 2 atom stereocenters. The second-order valence-electron chi connectivity index (χ2n) is 11.6. The maximum absolute atomic E-state index is 5.61. The van der Waals surface area contributed by atoms with Crippen LogP contribution in [0.15, 0.2) is 60.7 Å². The van der Waals surface area contributed by atoms with Crippen molar-refractivity contribution in [2.45, 2.75) is 86.0 Å². The van der Waals surface area contributed by atoms with E-state index in [9.17, 15) is 0 Å². The first-order valence-corrected chi connectivity index (χ1v) is 21.5. The summed E-state index contributed by atoms with van der Waals surface area (Å²) in [6.07, 6.45) is 1.18. The Balaban J connectivity index is 0.